The predicted molar refractivity (Wildman–Crippen MR) is 73.0 cm³/mol. The smallest absolute Gasteiger partial charge is 0.270 e. The molecule has 0 aliphatic rings. The molecule has 0 bridgehead atoms. The van der Waals surface area contributed by atoms with Crippen LogP contribution in [0.15, 0.2) is 18.2 Å². The molecule has 0 saturated carbocycles. The average Bonchev–Trinajstić information content (AvgIpc) is 2.38. The van der Waals surface area contributed by atoms with Crippen LogP contribution in [0.2, 0.25) is 0 Å². The Bertz CT molecular complexity index is 394. The van der Waals surface area contributed by atoms with Crippen molar-refractivity contribution >= 4 is 11.7 Å². The van der Waals surface area contributed by atoms with Crippen LogP contribution in [0.1, 0.15) is 44.1 Å². The Morgan fingerprint density at radius 1 is 1.44 bits per heavy atom. The third-order valence-electron chi connectivity index (χ3n) is 2.96. The number of amides is 1. The molecular weight excluding hydrogens is 228 g/mol. The van der Waals surface area contributed by atoms with Gasteiger partial charge in [-0.1, -0.05) is 26.3 Å². The second-order valence-corrected chi connectivity index (χ2v) is 4.68. The Hall–Kier alpha value is -1.62. The fraction of sp³-hybridized carbons (Fsp3) is 0.538. The van der Waals surface area contributed by atoms with E-state index in [0.29, 0.717) is 17.4 Å². The first-order valence-electron chi connectivity index (χ1n) is 6.31. The number of hydrazine groups is 1. The number of hydrogen-bond donors (Lipinski definition) is 3. The first-order valence-corrected chi connectivity index (χ1v) is 6.31. The standard InChI is InChI=1S/C13H22N4O/c1-4-9(2)8-10(3)15-13(18)11-6-5-7-12(16-11)17-14/h5-7,9-10H,4,8,14H2,1-3H3,(H,15,18)(H,16,17). The lowest BCUT2D eigenvalue weighted by Crippen LogP contribution is -2.34. The van der Waals surface area contributed by atoms with E-state index in [1.807, 2.05) is 6.92 Å². The van der Waals surface area contributed by atoms with Crippen LogP contribution >= 0.6 is 0 Å². The predicted octanol–water partition coefficient (Wildman–Crippen LogP) is 1.92. The normalized spacial score (nSPS) is 13.8. The molecule has 0 spiro atoms. The first kappa shape index (κ1) is 14.4. The lowest BCUT2D eigenvalue weighted by Gasteiger charge is -2.17. The molecule has 1 aromatic rings. The summed E-state index contributed by atoms with van der Waals surface area (Å²) >= 11 is 0. The van der Waals surface area contributed by atoms with Crippen molar-refractivity contribution in [2.24, 2.45) is 11.8 Å². The molecule has 0 aliphatic heterocycles. The summed E-state index contributed by atoms with van der Waals surface area (Å²) in [6.07, 6.45) is 2.09. The number of pyridine rings is 1. The van der Waals surface area contributed by atoms with Crippen molar-refractivity contribution in [2.75, 3.05) is 5.43 Å². The van der Waals surface area contributed by atoms with E-state index in [9.17, 15) is 4.79 Å². The number of carbonyl (C=O) groups is 1. The summed E-state index contributed by atoms with van der Waals surface area (Å²) < 4.78 is 0. The lowest BCUT2D eigenvalue weighted by atomic mass is 10.0. The summed E-state index contributed by atoms with van der Waals surface area (Å²) in [6.45, 7) is 6.34. The zero-order valence-electron chi connectivity index (χ0n) is 11.2. The molecule has 1 aromatic heterocycles. The molecule has 0 aliphatic carbocycles. The molecular formula is C13H22N4O. The largest absolute Gasteiger partial charge is 0.348 e. The van der Waals surface area contributed by atoms with Crippen LogP contribution in [0.25, 0.3) is 0 Å². The summed E-state index contributed by atoms with van der Waals surface area (Å²) in [4.78, 5) is 16.0. The van der Waals surface area contributed by atoms with Gasteiger partial charge in [0, 0.05) is 6.04 Å². The second-order valence-electron chi connectivity index (χ2n) is 4.68. The minimum absolute atomic E-state index is 0.142. The zero-order valence-corrected chi connectivity index (χ0v) is 11.2. The maximum Gasteiger partial charge on any atom is 0.270 e. The van der Waals surface area contributed by atoms with Crippen molar-refractivity contribution in [1.29, 1.82) is 0 Å². The average molecular weight is 250 g/mol. The molecule has 100 valence electrons. The van der Waals surface area contributed by atoms with Crippen LogP contribution in [-0.2, 0) is 0 Å². The topological polar surface area (TPSA) is 80.0 Å². The van der Waals surface area contributed by atoms with E-state index in [0.717, 1.165) is 12.8 Å². The van der Waals surface area contributed by atoms with Gasteiger partial charge in [0.25, 0.3) is 5.91 Å². The number of rotatable bonds is 6. The quantitative estimate of drug-likeness (QED) is 0.532. The summed E-state index contributed by atoms with van der Waals surface area (Å²) in [7, 11) is 0. The van der Waals surface area contributed by atoms with Crippen LogP contribution in [0.4, 0.5) is 5.82 Å². The van der Waals surface area contributed by atoms with Crippen LogP contribution in [0.3, 0.4) is 0 Å². The molecule has 5 nitrogen and oxygen atoms in total. The maximum atomic E-state index is 12.0. The SMILES string of the molecule is CCC(C)CC(C)NC(=O)c1cccc(NN)n1. The summed E-state index contributed by atoms with van der Waals surface area (Å²) in [5, 5.41) is 2.94. The molecule has 2 atom stereocenters. The Kier molecular flexibility index (Phi) is 5.58. The highest BCUT2D eigenvalue weighted by Gasteiger charge is 2.13. The summed E-state index contributed by atoms with van der Waals surface area (Å²) in [5.74, 6) is 6.18. The minimum Gasteiger partial charge on any atom is -0.348 e. The van der Waals surface area contributed by atoms with E-state index in [2.05, 4.69) is 29.6 Å². The maximum absolute atomic E-state index is 12.0. The summed E-state index contributed by atoms with van der Waals surface area (Å²) in [6, 6.07) is 5.27. The number of anilines is 1. The third kappa shape index (κ3) is 4.33. The highest BCUT2D eigenvalue weighted by molar-refractivity contribution is 5.92. The van der Waals surface area contributed by atoms with E-state index < -0.39 is 0 Å². The van der Waals surface area contributed by atoms with Gasteiger partial charge in [0.05, 0.1) is 0 Å². The van der Waals surface area contributed by atoms with Gasteiger partial charge in [-0.3, -0.25) is 4.79 Å². The fourth-order valence-electron chi connectivity index (χ4n) is 1.77. The molecule has 18 heavy (non-hydrogen) atoms. The first-order chi connectivity index (χ1) is 8.56. The molecule has 0 aromatic carbocycles. The molecule has 0 saturated heterocycles. The van der Waals surface area contributed by atoms with Crippen molar-refractivity contribution in [3.05, 3.63) is 23.9 Å². The molecule has 1 rings (SSSR count). The number of nitrogens with zero attached hydrogens (tertiary/aromatic N) is 1. The van der Waals surface area contributed by atoms with Crippen molar-refractivity contribution in [3.8, 4) is 0 Å². The highest BCUT2D eigenvalue weighted by atomic mass is 16.1. The highest BCUT2D eigenvalue weighted by Crippen LogP contribution is 2.10. The van der Waals surface area contributed by atoms with Gasteiger partial charge in [0.1, 0.15) is 11.5 Å². The van der Waals surface area contributed by atoms with Gasteiger partial charge in [-0.2, -0.15) is 0 Å². The van der Waals surface area contributed by atoms with Gasteiger partial charge in [-0.25, -0.2) is 10.8 Å². The van der Waals surface area contributed by atoms with Crippen molar-refractivity contribution in [3.63, 3.8) is 0 Å². The monoisotopic (exact) mass is 250 g/mol. The van der Waals surface area contributed by atoms with E-state index in [1.165, 1.54) is 0 Å². The van der Waals surface area contributed by atoms with Gasteiger partial charge >= 0.3 is 0 Å². The zero-order chi connectivity index (χ0) is 13.5. The van der Waals surface area contributed by atoms with E-state index >= 15 is 0 Å². The Balaban J connectivity index is 2.58. The molecule has 1 heterocycles. The minimum atomic E-state index is -0.164. The van der Waals surface area contributed by atoms with Gasteiger partial charge in [-0.05, 0) is 31.4 Å². The van der Waals surface area contributed by atoms with Gasteiger partial charge < -0.3 is 10.7 Å². The lowest BCUT2D eigenvalue weighted by molar-refractivity contribution is 0.0930. The van der Waals surface area contributed by atoms with Crippen molar-refractivity contribution in [1.82, 2.24) is 10.3 Å². The van der Waals surface area contributed by atoms with E-state index in [-0.39, 0.29) is 11.9 Å². The van der Waals surface area contributed by atoms with E-state index in [4.69, 9.17) is 5.84 Å². The van der Waals surface area contributed by atoms with Gasteiger partial charge in [-0.15, -0.1) is 0 Å². The molecule has 5 heteroatoms. The Morgan fingerprint density at radius 3 is 2.78 bits per heavy atom. The number of nitrogens with two attached hydrogens (primary N) is 1. The van der Waals surface area contributed by atoms with Crippen LogP contribution < -0.4 is 16.6 Å². The van der Waals surface area contributed by atoms with Crippen LogP contribution in [0.5, 0.6) is 0 Å². The Labute approximate surface area is 108 Å². The van der Waals surface area contributed by atoms with Crippen LogP contribution in [-0.4, -0.2) is 16.9 Å². The van der Waals surface area contributed by atoms with Crippen LogP contribution in [0, 0.1) is 5.92 Å². The molecule has 0 radical (unpaired) electrons. The molecule has 2 unspecified atom stereocenters. The fourth-order valence-corrected chi connectivity index (χ4v) is 1.77. The van der Waals surface area contributed by atoms with Gasteiger partial charge in [0.15, 0.2) is 0 Å². The number of nitrogens with one attached hydrogen (secondary N) is 2. The summed E-state index contributed by atoms with van der Waals surface area (Å²) in [5.41, 5.74) is 2.80. The number of aromatic nitrogens is 1. The molecule has 1 amide bonds. The second kappa shape index (κ2) is 6.96. The number of hydrogen-bond acceptors (Lipinski definition) is 4. The Morgan fingerprint density at radius 2 is 2.17 bits per heavy atom. The number of carbonyl (C=O) groups excluding carboxylic acids is 1. The van der Waals surface area contributed by atoms with E-state index in [1.54, 1.807) is 18.2 Å². The van der Waals surface area contributed by atoms with Crippen molar-refractivity contribution < 1.29 is 4.79 Å². The van der Waals surface area contributed by atoms with Gasteiger partial charge in [0.2, 0.25) is 0 Å². The number of nitrogen functional groups attached to an aromatic ring is 1. The van der Waals surface area contributed by atoms with Crippen molar-refractivity contribution in [2.45, 2.75) is 39.7 Å². The molecule has 0 fully saturated rings. The third-order valence-corrected chi connectivity index (χ3v) is 2.96. The molecule has 4 N–H and O–H groups in total.